The van der Waals surface area contributed by atoms with Gasteiger partial charge in [-0.25, -0.2) is 0 Å². The number of alkyl halides is 6. The van der Waals surface area contributed by atoms with E-state index in [0.29, 0.717) is 0 Å². The molecule has 0 saturated carbocycles. The molecule has 0 heterocycles. The van der Waals surface area contributed by atoms with E-state index in [1.807, 2.05) is 0 Å². The zero-order valence-electron chi connectivity index (χ0n) is 10.3. The molecule has 0 spiro atoms. The molecular formula is C10H17F6NO2. The van der Waals surface area contributed by atoms with E-state index in [9.17, 15) is 31.4 Å². The second kappa shape index (κ2) is 6.76. The normalized spacial score (nSPS) is 16.7. The van der Waals surface area contributed by atoms with Crippen LogP contribution in [-0.2, 0) is 4.74 Å². The van der Waals surface area contributed by atoms with Crippen molar-refractivity contribution in [1.29, 1.82) is 0 Å². The van der Waals surface area contributed by atoms with Gasteiger partial charge in [-0.2, -0.15) is 26.3 Å². The first-order valence-electron chi connectivity index (χ1n) is 5.64. The van der Waals surface area contributed by atoms with Crippen LogP contribution in [0.3, 0.4) is 0 Å². The molecule has 0 aliphatic heterocycles. The van der Waals surface area contributed by atoms with Crippen LogP contribution in [0.5, 0.6) is 0 Å². The molecule has 116 valence electrons. The minimum atomic E-state index is -5.51. The highest BCUT2D eigenvalue weighted by atomic mass is 19.4. The average molecular weight is 297 g/mol. The molecule has 0 fully saturated rings. The number of aliphatic hydroxyl groups is 1. The summed E-state index contributed by atoms with van der Waals surface area (Å²) in [5.41, 5.74) is 3.96. The predicted molar refractivity (Wildman–Crippen MR) is 55.4 cm³/mol. The van der Waals surface area contributed by atoms with Crippen LogP contribution in [-0.4, -0.2) is 42.3 Å². The summed E-state index contributed by atoms with van der Waals surface area (Å²) in [7, 11) is 0. The Bertz CT molecular complexity index is 248. The van der Waals surface area contributed by atoms with E-state index < -0.39 is 30.7 Å². The van der Waals surface area contributed by atoms with E-state index in [2.05, 4.69) is 4.74 Å². The van der Waals surface area contributed by atoms with E-state index >= 15 is 0 Å². The first kappa shape index (κ1) is 18.5. The lowest BCUT2D eigenvalue weighted by Gasteiger charge is -2.26. The van der Waals surface area contributed by atoms with Gasteiger partial charge in [0.25, 0.3) is 0 Å². The highest BCUT2D eigenvalue weighted by Crippen LogP contribution is 2.35. The third-order valence-electron chi connectivity index (χ3n) is 2.70. The number of hydrogen-bond acceptors (Lipinski definition) is 3. The SMILES string of the molecule is CCC(O)(CN)CCCOC(C(F)(F)F)C(F)(F)F. The van der Waals surface area contributed by atoms with Crippen LogP contribution >= 0.6 is 0 Å². The Kier molecular flexibility index (Phi) is 6.56. The quantitative estimate of drug-likeness (QED) is 0.560. The van der Waals surface area contributed by atoms with Crippen LogP contribution in [0.1, 0.15) is 26.2 Å². The van der Waals surface area contributed by atoms with Gasteiger partial charge in [-0.1, -0.05) is 6.92 Å². The Morgan fingerprint density at radius 2 is 1.58 bits per heavy atom. The van der Waals surface area contributed by atoms with Gasteiger partial charge in [0.1, 0.15) is 0 Å². The molecule has 3 nitrogen and oxygen atoms in total. The van der Waals surface area contributed by atoms with Crippen molar-refractivity contribution in [3.05, 3.63) is 0 Å². The van der Waals surface area contributed by atoms with E-state index in [4.69, 9.17) is 5.73 Å². The van der Waals surface area contributed by atoms with E-state index in [-0.39, 0.29) is 25.8 Å². The first-order valence-corrected chi connectivity index (χ1v) is 5.64. The Hall–Kier alpha value is -0.540. The lowest BCUT2D eigenvalue weighted by atomic mass is 9.95. The summed E-state index contributed by atoms with van der Waals surface area (Å²) in [5.74, 6) is 0. The molecule has 9 heteroatoms. The van der Waals surface area contributed by atoms with Crippen molar-refractivity contribution in [2.75, 3.05) is 13.2 Å². The summed E-state index contributed by atoms with van der Waals surface area (Å²) in [6.45, 7) is 0.736. The van der Waals surface area contributed by atoms with E-state index in [1.54, 1.807) is 6.92 Å². The fourth-order valence-electron chi connectivity index (χ4n) is 1.40. The predicted octanol–water partition coefficient (Wildman–Crippen LogP) is 2.38. The maximum Gasteiger partial charge on any atom is 0.423 e. The van der Waals surface area contributed by atoms with Crippen LogP contribution < -0.4 is 5.73 Å². The average Bonchev–Trinajstić information content (AvgIpc) is 2.24. The molecule has 0 saturated heterocycles. The fraction of sp³-hybridized carbons (Fsp3) is 1.00. The minimum absolute atomic E-state index is 0.0254. The van der Waals surface area contributed by atoms with Crippen molar-refractivity contribution in [1.82, 2.24) is 0 Å². The van der Waals surface area contributed by atoms with Crippen molar-refractivity contribution in [2.45, 2.75) is 50.2 Å². The maximum atomic E-state index is 12.1. The second-order valence-electron chi connectivity index (χ2n) is 4.22. The summed E-state index contributed by atoms with van der Waals surface area (Å²) in [4.78, 5) is 0. The van der Waals surface area contributed by atoms with E-state index in [0.717, 1.165) is 0 Å². The topological polar surface area (TPSA) is 55.5 Å². The molecule has 0 aliphatic rings. The molecule has 0 radical (unpaired) electrons. The van der Waals surface area contributed by atoms with E-state index in [1.165, 1.54) is 0 Å². The lowest BCUT2D eigenvalue weighted by molar-refractivity contribution is -0.322. The molecule has 0 aromatic rings. The molecule has 0 aromatic carbocycles. The molecule has 0 rings (SSSR count). The highest BCUT2D eigenvalue weighted by molar-refractivity contribution is 4.79. The number of rotatable bonds is 7. The molecule has 0 aliphatic carbocycles. The van der Waals surface area contributed by atoms with Crippen molar-refractivity contribution in [2.24, 2.45) is 5.73 Å². The van der Waals surface area contributed by atoms with Gasteiger partial charge in [-0.15, -0.1) is 0 Å². The van der Waals surface area contributed by atoms with Gasteiger partial charge in [0.15, 0.2) is 0 Å². The highest BCUT2D eigenvalue weighted by Gasteiger charge is 2.57. The van der Waals surface area contributed by atoms with Crippen LogP contribution in [0, 0.1) is 0 Å². The largest absolute Gasteiger partial charge is 0.423 e. The smallest absolute Gasteiger partial charge is 0.389 e. The van der Waals surface area contributed by atoms with Gasteiger partial charge in [-0.05, 0) is 19.3 Å². The maximum absolute atomic E-state index is 12.1. The van der Waals surface area contributed by atoms with Gasteiger partial charge < -0.3 is 15.6 Å². The van der Waals surface area contributed by atoms with Gasteiger partial charge >= 0.3 is 12.4 Å². The molecule has 0 bridgehead atoms. The van der Waals surface area contributed by atoms with Gasteiger partial charge in [-0.3, -0.25) is 0 Å². The summed E-state index contributed by atoms with van der Waals surface area (Å²) in [6, 6.07) is 0. The molecule has 19 heavy (non-hydrogen) atoms. The molecular weight excluding hydrogens is 280 g/mol. The zero-order chi connectivity index (χ0) is 15.3. The van der Waals surface area contributed by atoms with Crippen molar-refractivity contribution in [3.8, 4) is 0 Å². The van der Waals surface area contributed by atoms with Gasteiger partial charge in [0.05, 0.1) is 5.60 Å². The molecule has 1 atom stereocenters. The Morgan fingerprint density at radius 3 is 1.89 bits per heavy atom. The standard InChI is InChI=1S/C10H17F6NO2/c1-2-8(18,6-17)4-3-5-19-7(9(11,12)13)10(14,15)16/h7,18H,2-6,17H2,1H3. The van der Waals surface area contributed by atoms with Crippen molar-refractivity contribution >= 4 is 0 Å². The molecule has 0 amide bonds. The monoisotopic (exact) mass is 297 g/mol. The number of halogens is 6. The first-order chi connectivity index (χ1) is 8.46. The Morgan fingerprint density at radius 1 is 1.11 bits per heavy atom. The summed E-state index contributed by atoms with van der Waals surface area (Å²) < 4.78 is 76.4. The van der Waals surface area contributed by atoms with Crippen LogP contribution in [0.2, 0.25) is 0 Å². The number of nitrogens with two attached hydrogens (primary N) is 1. The summed E-state index contributed by atoms with van der Waals surface area (Å²) >= 11 is 0. The summed E-state index contributed by atoms with van der Waals surface area (Å²) in [6.07, 6.45) is -14.7. The van der Waals surface area contributed by atoms with Crippen molar-refractivity contribution in [3.63, 3.8) is 0 Å². The Labute approximate surface area is 106 Å². The minimum Gasteiger partial charge on any atom is -0.389 e. The number of ether oxygens (including phenoxy) is 1. The number of hydrogen-bond donors (Lipinski definition) is 2. The third-order valence-corrected chi connectivity index (χ3v) is 2.70. The summed E-state index contributed by atoms with van der Waals surface area (Å²) in [5, 5.41) is 9.69. The van der Waals surface area contributed by atoms with Crippen LogP contribution in [0.25, 0.3) is 0 Å². The van der Waals surface area contributed by atoms with Crippen molar-refractivity contribution < 1.29 is 36.2 Å². The van der Waals surface area contributed by atoms with Crippen LogP contribution in [0.15, 0.2) is 0 Å². The lowest BCUT2D eigenvalue weighted by Crippen LogP contribution is -2.44. The second-order valence-corrected chi connectivity index (χ2v) is 4.22. The fourth-order valence-corrected chi connectivity index (χ4v) is 1.40. The van der Waals surface area contributed by atoms with Crippen LogP contribution in [0.4, 0.5) is 26.3 Å². The van der Waals surface area contributed by atoms with Gasteiger partial charge in [0, 0.05) is 13.2 Å². The molecule has 0 aromatic heterocycles. The molecule has 3 N–H and O–H groups in total. The third kappa shape index (κ3) is 6.44. The zero-order valence-corrected chi connectivity index (χ0v) is 10.3. The molecule has 1 unspecified atom stereocenters. The van der Waals surface area contributed by atoms with Gasteiger partial charge in [0.2, 0.25) is 6.10 Å². The Balaban J connectivity index is 4.31.